The maximum absolute atomic E-state index is 13.2. The highest BCUT2D eigenvalue weighted by molar-refractivity contribution is 5.96. The molecule has 1 aliphatic heterocycles. The number of pyridine rings is 1. The fraction of sp³-hybridized carbons (Fsp3) is 0.250. The van der Waals surface area contributed by atoms with Gasteiger partial charge in [-0.25, -0.2) is 4.98 Å². The van der Waals surface area contributed by atoms with Crippen LogP contribution in [0.3, 0.4) is 0 Å². The molecule has 0 N–H and O–H groups in total. The van der Waals surface area contributed by atoms with Crippen molar-refractivity contribution in [1.82, 2.24) is 24.6 Å². The summed E-state index contributed by atoms with van der Waals surface area (Å²) in [5.74, 6) is 1.28. The van der Waals surface area contributed by atoms with Crippen molar-refractivity contribution in [1.29, 1.82) is 0 Å². The number of aromatic nitrogens is 3. The Bertz CT molecular complexity index is 1310. The van der Waals surface area contributed by atoms with E-state index in [4.69, 9.17) is 9.47 Å². The van der Waals surface area contributed by atoms with E-state index in [9.17, 15) is 4.79 Å². The molecule has 0 aliphatic carbocycles. The molecule has 0 unspecified atom stereocenters. The average Bonchev–Trinajstić information content (AvgIpc) is 3.34. The molecule has 8 heteroatoms. The van der Waals surface area contributed by atoms with E-state index in [1.165, 1.54) is 5.56 Å². The van der Waals surface area contributed by atoms with E-state index in [1.807, 2.05) is 53.3 Å². The molecule has 1 amide bonds. The van der Waals surface area contributed by atoms with Crippen LogP contribution in [0.25, 0.3) is 0 Å². The van der Waals surface area contributed by atoms with Crippen molar-refractivity contribution in [3.05, 3.63) is 102 Å². The fourth-order valence-corrected chi connectivity index (χ4v) is 4.15. The minimum Gasteiger partial charge on any atom is -0.488 e. The van der Waals surface area contributed by atoms with E-state index in [1.54, 1.807) is 30.3 Å². The molecule has 8 nitrogen and oxygen atoms in total. The number of fused-ring (bicyclic) bond motifs is 2. The number of hydrogen-bond acceptors (Lipinski definition) is 6. The summed E-state index contributed by atoms with van der Waals surface area (Å²) < 4.78 is 14.1. The molecule has 2 aromatic carbocycles. The summed E-state index contributed by atoms with van der Waals surface area (Å²) in [6, 6.07) is 21.2. The lowest BCUT2D eigenvalue weighted by Crippen LogP contribution is -2.37. The molecular weight excluding hydrogens is 454 g/mol. The van der Waals surface area contributed by atoms with Gasteiger partial charge in [0.25, 0.3) is 5.91 Å². The van der Waals surface area contributed by atoms with Gasteiger partial charge in [0.15, 0.2) is 11.5 Å². The molecule has 184 valence electrons. The number of likely N-dealkylation sites (N-methyl/N-ethyl adjacent to an activating group) is 1. The second kappa shape index (κ2) is 11.0. The lowest BCUT2D eigenvalue weighted by atomic mass is 10.2. The van der Waals surface area contributed by atoms with Crippen molar-refractivity contribution >= 4 is 5.91 Å². The van der Waals surface area contributed by atoms with Crippen LogP contribution in [0.1, 0.15) is 21.5 Å². The third-order valence-electron chi connectivity index (χ3n) is 6.10. The summed E-state index contributed by atoms with van der Waals surface area (Å²) in [5, 5.41) is 4.54. The number of benzene rings is 2. The maximum Gasteiger partial charge on any atom is 0.259 e. The first-order chi connectivity index (χ1) is 17.7. The number of amides is 1. The number of rotatable bonds is 4. The average molecular weight is 484 g/mol. The van der Waals surface area contributed by atoms with Crippen molar-refractivity contribution in [2.24, 2.45) is 0 Å². The van der Waals surface area contributed by atoms with Crippen molar-refractivity contribution in [2.75, 3.05) is 33.3 Å². The normalized spacial score (nSPS) is 14.9. The molecule has 3 heterocycles. The van der Waals surface area contributed by atoms with Gasteiger partial charge in [-0.15, -0.1) is 0 Å². The molecule has 0 saturated heterocycles. The van der Waals surface area contributed by atoms with Crippen LogP contribution in [-0.2, 0) is 13.1 Å². The van der Waals surface area contributed by atoms with E-state index < -0.39 is 0 Å². The molecule has 0 spiro atoms. The lowest BCUT2D eigenvalue weighted by molar-refractivity contribution is 0.0770. The zero-order valence-corrected chi connectivity index (χ0v) is 20.3. The first kappa shape index (κ1) is 23.6. The number of carbonyl (C=O) groups is 1. The summed E-state index contributed by atoms with van der Waals surface area (Å²) in [6.45, 7) is 3.84. The number of nitrogens with zero attached hydrogens (tertiary/aromatic N) is 5. The lowest BCUT2D eigenvalue weighted by Gasteiger charge is -2.25. The summed E-state index contributed by atoms with van der Waals surface area (Å²) in [7, 11) is 1.80. The Morgan fingerprint density at radius 1 is 0.861 bits per heavy atom. The highest BCUT2D eigenvalue weighted by Crippen LogP contribution is 2.32. The van der Waals surface area contributed by atoms with Crippen LogP contribution in [0.4, 0.5) is 0 Å². The van der Waals surface area contributed by atoms with Gasteiger partial charge in [0.1, 0.15) is 12.2 Å². The predicted octanol–water partition coefficient (Wildman–Crippen LogP) is 4.09. The van der Waals surface area contributed by atoms with Gasteiger partial charge in [0.2, 0.25) is 5.88 Å². The van der Waals surface area contributed by atoms with Crippen molar-refractivity contribution in [3.63, 3.8) is 0 Å². The van der Waals surface area contributed by atoms with Gasteiger partial charge in [0.05, 0.1) is 12.7 Å². The zero-order valence-electron chi connectivity index (χ0n) is 20.3. The summed E-state index contributed by atoms with van der Waals surface area (Å²) >= 11 is 0. The van der Waals surface area contributed by atoms with Gasteiger partial charge >= 0.3 is 0 Å². The van der Waals surface area contributed by atoms with Crippen LogP contribution in [0, 0.1) is 0 Å². The standard InChI is InChI=1S/C28H29N5O3/c1-31-14-15-32(19-23-18-30-33(21-23)20-22-8-3-2-4-9-22)16-17-35-25-11-5-6-12-26(25)36-27-24(28(31)34)10-7-13-29-27/h2-13,18,21H,14-17,19-20H2,1H3. The minimum atomic E-state index is -0.133. The Labute approximate surface area is 210 Å². The molecule has 0 saturated carbocycles. The second-order valence-electron chi connectivity index (χ2n) is 8.79. The smallest absolute Gasteiger partial charge is 0.259 e. The number of para-hydroxylation sites is 2. The van der Waals surface area contributed by atoms with E-state index in [-0.39, 0.29) is 11.8 Å². The molecule has 0 fully saturated rings. The summed E-state index contributed by atoms with van der Waals surface area (Å²) in [6.07, 6.45) is 5.60. The zero-order chi connectivity index (χ0) is 24.7. The van der Waals surface area contributed by atoms with Gasteiger partial charge < -0.3 is 14.4 Å². The van der Waals surface area contributed by atoms with E-state index in [2.05, 4.69) is 33.3 Å². The van der Waals surface area contributed by atoms with Crippen LogP contribution in [-0.4, -0.2) is 63.8 Å². The summed E-state index contributed by atoms with van der Waals surface area (Å²) in [5.41, 5.74) is 2.74. The van der Waals surface area contributed by atoms with Crippen molar-refractivity contribution in [3.8, 4) is 17.4 Å². The van der Waals surface area contributed by atoms with E-state index in [0.29, 0.717) is 49.8 Å². The Morgan fingerprint density at radius 2 is 1.67 bits per heavy atom. The van der Waals surface area contributed by atoms with Gasteiger partial charge in [-0.2, -0.15) is 5.10 Å². The Kier molecular flexibility index (Phi) is 7.23. The fourth-order valence-electron chi connectivity index (χ4n) is 4.15. The molecule has 0 bridgehead atoms. The predicted molar refractivity (Wildman–Crippen MR) is 136 cm³/mol. The third-order valence-corrected chi connectivity index (χ3v) is 6.10. The molecule has 1 aliphatic rings. The molecule has 0 radical (unpaired) electrons. The van der Waals surface area contributed by atoms with E-state index in [0.717, 1.165) is 12.1 Å². The molecular formula is C28H29N5O3. The molecule has 2 aromatic heterocycles. The van der Waals surface area contributed by atoms with Crippen molar-refractivity contribution in [2.45, 2.75) is 13.1 Å². The summed E-state index contributed by atoms with van der Waals surface area (Å²) in [4.78, 5) is 21.5. The monoisotopic (exact) mass is 483 g/mol. The third kappa shape index (κ3) is 5.72. The highest BCUT2D eigenvalue weighted by atomic mass is 16.5. The Hall–Kier alpha value is -4.17. The first-order valence-electron chi connectivity index (χ1n) is 12.0. The van der Waals surface area contributed by atoms with Crippen molar-refractivity contribution < 1.29 is 14.3 Å². The largest absolute Gasteiger partial charge is 0.488 e. The molecule has 4 aromatic rings. The van der Waals surface area contributed by atoms with Gasteiger partial charge in [-0.3, -0.25) is 14.4 Å². The number of carbonyl (C=O) groups excluding carboxylic acids is 1. The SMILES string of the molecule is CN1CCN(Cc2cnn(Cc3ccccc3)c2)CCOc2ccccc2Oc2ncccc2C1=O. The van der Waals surface area contributed by atoms with E-state index >= 15 is 0 Å². The molecule has 0 atom stereocenters. The van der Waals surface area contributed by atoms with Gasteiger partial charge in [-0.05, 0) is 29.8 Å². The van der Waals surface area contributed by atoms with Crippen LogP contribution in [0.15, 0.2) is 85.3 Å². The Balaban J connectivity index is 1.34. The van der Waals surface area contributed by atoms with Crippen LogP contribution in [0.2, 0.25) is 0 Å². The molecule has 36 heavy (non-hydrogen) atoms. The van der Waals surface area contributed by atoms with Crippen LogP contribution < -0.4 is 9.47 Å². The van der Waals surface area contributed by atoms with Gasteiger partial charge in [-0.1, -0.05) is 42.5 Å². The topological polar surface area (TPSA) is 72.7 Å². The maximum atomic E-state index is 13.2. The first-order valence-corrected chi connectivity index (χ1v) is 12.0. The second-order valence-corrected chi connectivity index (χ2v) is 8.79. The van der Waals surface area contributed by atoms with Gasteiger partial charge in [0, 0.05) is 51.2 Å². The minimum absolute atomic E-state index is 0.133. The Morgan fingerprint density at radius 3 is 2.53 bits per heavy atom. The number of ether oxygens (including phenoxy) is 2. The number of hydrogen-bond donors (Lipinski definition) is 0. The van der Waals surface area contributed by atoms with Crippen LogP contribution >= 0.6 is 0 Å². The quantitative estimate of drug-likeness (QED) is 0.436. The highest BCUT2D eigenvalue weighted by Gasteiger charge is 2.21. The molecule has 5 rings (SSSR count). The van der Waals surface area contributed by atoms with Crippen LogP contribution in [0.5, 0.6) is 17.4 Å².